The largest absolute Gasteiger partial charge is 0.468 e. The molecule has 0 saturated heterocycles. The lowest BCUT2D eigenvalue weighted by Crippen LogP contribution is -2.43. The molecule has 0 aromatic rings. The molecule has 6 heteroatoms. The van der Waals surface area contributed by atoms with Gasteiger partial charge in [-0.25, -0.2) is 8.42 Å². The summed E-state index contributed by atoms with van der Waals surface area (Å²) in [6.07, 6.45) is 4.36. The molecule has 0 aromatic carbocycles. The van der Waals surface area contributed by atoms with Gasteiger partial charge in [0.25, 0.3) is 0 Å². The Hall–Kier alpha value is -0.620. The summed E-state index contributed by atoms with van der Waals surface area (Å²) < 4.78 is 28.3. The molecule has 0 aliphatic heterocycles. The van der Waals surface area contributed by atoms with Crippen LogP contribution in [0.5, 0.6) is 0 Å². The third-order valence-corrected chi connectivity index (χ3v) is 6.57. The van der Waals surface area contributed by atoms with E-state index >= 15 is 0 Å². The minimum Gasteiger partial charge on any atom is -0.468 e. The lowest BCUT2D eigenvalue weighted by atomic mass is 10.2. The number of esters is 1. The average molecular weight is 305 g/mol. The monoisotopic (exact) mass is 305 g/mol. The van der Waals surface area contributed by atoms with Gasteiger partial charge in [-0.3, -0.25) is 9.69 Å². The molecule has 0 atom stereocenters. The van der Waals surface area contributed by atoms with E-state index in [1.165, 1.54) is 7.11 Å². The zero-order valence-corrected chi connectivity index (χ0v) is 13.8. The van der Waals surface area contributed by atoms with Gasteiger partial charge >= 0.3 is 5.97 Å². The molecule has 1 aliphatic carbocycles. The number of methoxy groups -OCH3 is 1. The van der Waals surface area contributed by atoms with Crippen LogP contribution in [0.25, 0.3) is 0 Å². The molecule has 0 unspecified atom stereocenters. The highest BCUT2D eigenvalue weighted by Gasteiger charge is 2.31. The number of sulfone groups is 1. The first-order chi connectivity index (χ1) is 9.17. The zero-order chi connectivity index (χ0) is 15.4. The fraction of sp³-hybridized carbons (Fsp3) is 0.929. The Morgan fingerprint density at radius 2 is 1.80 bits per heavy atom. The van der Waals surface area contributed by atoms with Crippen LogP contribution in [0.15, 0.2) is 0 Å². The molecule has 0 aromatic heterocycles. The van der Waals surface area contributed by atoms with Crippen LogP contribution in [0.2, 0.25) is 0 Å². The maximum absolute atomic E-state index is 12.2. The maximum atomic E-state index is 12.2. The maximum Gasteiger partial charge on any atom is 0.319 e. The van der Waals surface area contributed by atoms with E-state index in [0.29, 0.717) is 12.6 Å². The Balaban J connectivity index is 2.67. The van der Waals surface area contributed by atoms with Gasteiger partial charge < -0.3 is 4.74 Å². The quantitative estimate of drug-likeness (QED) is 0.698. The summed E-state index contributed by atoms with van der Waals surface area (Å²) in [6.45, 7) is 5.72. The topological polar surface area (TPSA) is 63.7 Å². The number of hydrogen-bond donors (Lipinski definition) is 0. The van der Waals surface area contributed by atoms with E-state index in [0.717, 1.165) is 25.7 Å². The van der Waals surface area contributed by atoms with E-state index in [-0.39, 0.29) is 18.3 Å². The zero-order valence-electron chi connectivity index (χ0n) is 13.0. The van der Waals surface area contributed by atoms with Gasteiger partial charge in [-0.1, -0.05) is 12.8 Å². The highest BCUT2D eigenvalue weighted by Crippen LogP contribution is 2.24. The Kier molecular flexibility index (Phi) is 6.01. The van der Waals surface area contributed by atoms with Crippen LogP contribution >= 0.6 is 0 Å². The van der Waals surface area contributed by atoms with Crippen molar-refractivity contribution >= 4 is 15.8 Å². The Morgan fingerprint density at radius 3 is 2.25 bits per heavy atom. The number of carbonyl (C=O) groups is 1. The molecular weight excluding hydrogens is 278 g/mol. The molecule has 1 fully saturated rings. The highest BCUT2D eigenvalue weighted by molar-refractivity contribution is 7.92. The Labute approximate surface area is 122 Å². The fourth-order valence-electron chi connectivity index (χ4n) is 2.43. The SMILES string of the molecule is COC(=O)CN(CCS(=O)(=O)C(C)(C)C)C1CCCC1. The molecular formula is C14H27NO4S. The van der Waals surface area contributed by atoms with Gasteiger partial charge in [-0.05, 0) is 33.6 Å². The van der Waals surface area contributed by atoms with Gasteiger partial charge in [-0.2, -0.15) is 0 Å². The summed E-state index contributed by atoms with van der Waals surface area (Å²) in [6, 6.07) is 0.310. The molecule has 0 radical (unpaired) electrons. The number of hydrogen-bond acceptors (Lipinski definition) is 5. The van der Waals surface area contributed by atoms with Crippen LogP contribution in [0.1, 0.15) is 46.5 Å². The molecule has 0 heterocycles. The first-order valence-electron chi connectivity index (χ1n) is 7.20. The van der Waals surface area contributed by atoms with Crippen molar-refractivity contribution in [1.29, 1.82) is 0 Å². The third-order valence-electron chi connectivity index (χ3n) is 3.98. The Bertz CT molecular complexity index is 419. The van der Waals surface area contributed by atoms with Crippen molar-refractivity contribution in [3.8, 4) is 0 Å². The second kappa shape index (κ2) is 6.89. The molecule has 1 rings (SSSR count). The number of carbonyl (C=O) groups excluding carboxylic acids is 1. The smallest absolute Gasteiger partial charge is 0.319 e. The normalized spacial score (nSPS) is 17.6. The number of nitrogens with zero attached hydrogens (tertiary/aromatic N) is 1. The molecule has 0 bridgehead atoms. The summed E-state index contributed by atoms with van der Waals surface area (Å²) in [4.78, 5) is 13.5. The van der Waals surface area contributed by atoms with E-state index in [9.17, 15) is 13.2 Å². The Morgan fingerprint density at radius 1 is 1.25 bits per heavy atom. The van der Waals surface area contributed by atoms with Gasteiger partial charge in [0.05, 0.1) is 24.2 Å². The van der Waals surface area contributed by atoms with Gasteiger partial charge in [0.2, 0.25) is 0 Å². The van der Waals surface area contributed by atoms with Gasteiger partial charge in [0.1, 0.15) is 0 Å². The van der Waals surface area contributed by atoms with E-state index in [1.54, 1.807) is 20.8 Å². The van der Waals surface area contributed by atoms with Crippen LogP contribution in [0.4, 0.5) is 0 Å². The minimum absolute atomic E-state index is 0.0873. The van der Waals surface area contributed by atoms with Gasteiger partial charge in [0.15, 0.2) is 9.84 Å². The average Bonchev–Trinajstić information content (AvgIpc) is 2.86. The van der Waals surface area contributed by atoms with Crippen molar-refractivity contribution in [3.63, 3.8) is 0 Å². The van der Waals surface area contributed by atoms with Gasteiger partial charge in [-0.15, -0.1) is 0 Å². The van der Waals surface area contributed by atoms with Crippen molar-refractivity contribution in [2.75, 3.05) is 26.0 Å². The van der Waals surface area contributed by atoms with E-state index in [2.05, 4.69) is 0 Å². The van der Waals surface area contributed by atoms with Crippen LogP contribution in [0.3, 0.4) is 0 Å². The van der Waals surface area contributed by atoms with Crippen molar-refractivity contribution < 1.29 is 17.9 Å². The third kappa shape index (κ3) is 4.74. The van der Waals surface area contributed by atoms with Gasteiger partial charge in [0, 0.05) is 12.6 Å². The summed E-state index contributed by atoms with van der Waals surface area (Å²) in [5.74, 6) is -0.214. The first-order valence-corrected chi connectivity index (χ1v) is 8.86. The molecule has 5 nitrogen and oxygen atoms in total. The van der Waals surface area contributed by atoms with Crippen LogP contribution in [-0.2, 0) is 19.4 Å². The van der Waals surface area contributed by atoms with Crippen LogP contribution < -0.4 is 0 Å². The van der Waals surface area contributed by atoms with E-state index in [4.69, 9.17) is 4.74 Å². The summed E-state index contributed by atoms with van der Waals surface area (Å²) >= 11 is 0. The number of ether oxygens (including phenoxy) is 1. The van der Waals surface area contributed by atoms with Crippen LogP contribution in [0, 0.1) is 0 Å². The lowest BCUT2D eigenvalue weighted by Gasteiger charge is -2.29. The molecule has 0 N–H and O–H groups in total. The molecule has 0 amide bonds. The number of rotatable bonds is 6. The standard InChI is InChI=1S/C14H27NO4S/c1-14(2,3)20(17,18)10-9-15(11-13(16)19-4)12-7-5-6-8-12/h12H,5-11H2,1-4H3. The van der Waals surface area contributed by atoms with Crippen LogP contribution in [-0.4, -0.2) is 56.0 Å². The minimum atomic E-state index is -3.16. The van der Waals surface area contributed by atoms with Crippen molar-refractivity contribution in [2.45, 2.75) is 57.2 Å². The molecule has 1 aliphatic rings. The molecule has 1 saturated carbocycles. The summed E-state index contributed by atoms with van der Waals surface area (Å²) in [5.41, 5.74) is 0. The first kappa shape index (κ1) is 17.4. The highest BCUT2D eigenvalue weighted by atomic mass is 32.2. The predicted molar refractivity (Wildman–Crippen MR) is 79.4 cm³/mol. The van der Waals surface area contributed by atoms with Crippen molar-refractivity contribution in [3.05, 3.63) is 0 Å². The van der Waals surface area contributed by atoms with E-state index in [1.807, 2.05) is 4.90 Å². The second-order valence-corrected chi connectivity index (χ2v) is 9.28. The molecule has 118 valence electrons. The van der Waals surface area contributed by atoms with E-state index < -0.39 is 14.6 Å². The summed E-state index contributed by atoms with van der Waals surface area (Å²) in [5, 5.41) is 0. The predicted octanol–water partition coefficient (Wildman–Crippen LogP) is 1.62. The van der Waals surface area contributed by atoms with Crippen molar-refractivity contribution in [1.82, 2.24) is 4.90 Å². The fourth-order valence-corrected chi connectivity index (χ4v) is 3.52. The van der Waals surface area contributed by atoms with Crippen molar-refractivity contribution in [2.24, 2.45) is 0 Å². The summed E-state index contributed by atoms with van der Waals surface area (Å²) in [7, 11) is -1.80. The molecule has 0 spiro atoms. The molecule has 20 heavy (non-hydrogen) atoms. The lowest BCUT2D eigenvalue weighted by molar-refractivity contribution is -0.142. The second-order valence-electron chi connectivity index (χ2n) is 6.42.